The van der Waals surface area contributed by atoms with E-state index in [2.05, 4.69) is 15.9 Å². The van der Waals surface area contributed by atoms with Crippen molar-refractivity contribution in [1.29, 1.82) is 5.26 Å². The molecule has 34 heavy (non-hydrogen) atoms. The number of benzene rings is 1. The summed E-state index contributed by atoms with van der Waals surface area (Å²) in [5.41, 5.74) is 0.868. The van der Waals surface area contributed by atoms with Crippen LogP contribution in [-0.2, 0) is 20.7 Å². The molecule has 1 heterocycles. The minimum absolute atomic E-state index is 0.131. The van der Waals surface area contributed by atoms with E-state index in [0.29, 0.717) is 32.0 Å². The molecule has 0 N–H and O–H groups in total. The van der Waals surface area contributed by atoms with Gasteiger partial charge in [-0.3, -0.25) is 4.79 Å². The number of rotatable bonds is 10. The van der Waals surface area contributed by atoms with Crippen molar-refractivity contribution in [3.05, 3.63) is 48.6 Å². The number of hydrogen-bond acceptors (Lipinski definition) is 9. The maximum Gasteiger partial charge on any atom is 0.348 e. The van der Waals surface area contributed by atoms with Crippen LogP contribution in [0.2, 0.25) is 0 Å². The van der Waals surface area contributed by atoms with Gasteiger partial charge in [-0.2, -0.15) is 5.26 Å². The van der Waals surface area contributed by atoms with Gasteiger partial charge in [0.05, 0.1) is 43.0 Å². The number of halogens is 1. The van der Waals surface area contributed by atoms with Gasteiger partial charge in [0.15, 0.2) is 5.78 Å². The Labute approximate surface area is 210 Å². The van der Waals surface area contributed by atoms with E-state index in [9.17, 15) is 19.6 Å². The second kappa shape index (κ2) is 12.3. The van der Waals surface area contributed by atoms with Gasteiger partial charge in [0, 0.05) is 22.9 Å². The molecular weight excluding hydrogens is 526 g/mol. The molecular formula is C24H24BrNO7S. The fraction of sp³-hybridized carbons (Fsp3) is 0.333. The van der Waals surface area contributed by atoms with Crippen molar-refractivity contribution in [3.63, 3.8) is 0 Å². The van der Waals surface area contributed by atoms with Crippen LogP contribution < -0.4 is 9.47 Å². The predicted octanol–water partition coefficient (Wildman–Crippen LogP) is 4.91. The number of ketones is 1. The molecule has 8 nitrogen and oxygen atoms in total. The summed E-state index contributed by atoms with van der Waals surface area (Å²) in [7, 11) is 2.97. The third-order valence-corrected chi connectivity index (χ3v) is 6.60. The highest BCUT2D eigenvalue weighted by Gasteiger charge is 2.28. The average molecular weight is 550 g/mol. The average Bonchev–Trinajstić information content (AvgIpc) is 3.13. The number of carbonyl (C=O) groups is 3. The molecule has 1 aromatic heterocycles. The maximum absolute atomic E-state index is 13.1. The quantitative estimate of drug-likeness (QED) is 0.233. The van der Waals surface area contributed by atoms with E-state index in [4.69, 9.17) is 18.9 Å². The maximum atomic E-state index is 13.1. The van der Waals surface area contributed by atoms with Crippen LogP contribution in [0.3, 0.4) is 0 Å². The van der Waals surface area contributed by atoms with E-state index in [1.165, 1.54) is 20.3 Å². The van der Waals surface area contributed by atoms with E-state index in [1.807, 2.05) is 6.07 Å². The second-order valence-corrected chi connectivity index (χ2v) is 8.75. The highest BCUT2D eigenvalue weighted by molar-refractivity contribution is 9.10. The molecule has 0 bridgehead atoms. The van der Waals surface area contributed by atoms with Crippen LogP contribution in [0.4, 0.5) is 0 Å². The first-order valence-electron chi connectivity index (χ1n) is 10.2. The smallest absolute Gasteiger partial charge is 0.348 e. The molecule has 2 aromatic rings. The Kier molecular flexibility index (Phi) is 9.83. The number of allylic oxidation sites excluding steroid dienone is 1. The largest absolute Gasteiger partial charge is 0.496 e. The van der Waals surface area contributed by atoms with Crippen molar-refractivity contribution in [2.75, 3.05) is 27.4 Å². The third-order valence-electron chi connectivity index (χ3n) is 4.71. The predicted molar refractivity (Wildman–Crippen MR) is 131 cm³/mol. The number of carbonyl (C=O) groups excluding carboxylic acids is 3. The number of esters is 2. The Bertz CT molecular complexity index is 1180. The van der Waals surface area contributed by atoms with Crippen molar-refractivity contribution in [3.8, 4) is 17.6 Å². The Morgan fingerprint density at radius 1 is 1.06 bits per heavy atom. The lowest BCUT2D eigenvalue weighted by Gasteiger charge is -2.10. The van der Waals surface area contributed by atoms with Crippen LogP contribution in [0.15, 0.2) is 22.2 Å². The van der Waals surface area contributed by atoms with Crippen molar-refractivity contribution in [2.45, 2.75) is 27.2 Å². The molecule has 0 spiro atoms. The number of thiophene rings is 1. The summed E-state index contributed by atoms with van der Waals surface area (Å²) >= 11 is 4.36. The summed E-state index contributed by atoms with van der Waals surface area (Å²) in [4.78, 5) is 38.5. The SMILES string of the molecule is CCOC(=O)c1sc(CC(=O)/C(C#N)=C/c2cc(Br)c(OC)cc2OC)c(C(=O)OCC)c1C. The van der Waals surface area contributed by atoms with E-state index in [-0.39, 0.29) is 35.6 Å². The molecule has 0 aliphatic carbocycles. The number of hydrogen-bond donors (Lipinski definition) is 0. The molecule has 0 fully saturated rings. The molecule has 0 saturated carbocycles. The molecule has 0 saturated heterocycles. The lowest BCUT2D eigenvalue weighted by molar-refractivity contribution is -0.114. The van der Waals surface area contributed by atoms with Crippen LogP contribution in [0.25, 0.3) is 6.08 Å². The van der Waals surface area contributed by atoms with Gasteiger partial charge in [-0.25, -0.2) is 9.59 Å². The van der Waals surface area contributed by atoms with Gasteiger partial charge < -0.3 is 18.9 Å². The molecule has 0 radical (unpaired) electrons. The minimum Gasteiger partial charge on any atom is -0.496 e. The summed E-state index contributed by atoms with van der Waals surface area (Å²) < 4.78 is 21.4. The van der Waals surface area contributed by atoms with Gasteiger partial charge in [0.25, 0.3) is 0 Å². The van der Waals surface area contributed by atoms with E-state index >= 15 is 0 Å². The summed E-state index contributed by atoms with van der Waals surface area (Å²) in [5, 5.41) is 9.67. The minimum atomic E-state index is -0.641. The summed E-state index contributed by atoms with van der Waals surface area (Å²) in [6, 6.07) is 5.21. The highest BCUT2D eigenvalue weighted by Crippen LogP contribution is 2.35. The first kappa shape index (κ1) is 27.1. The zero-order chi connectivity index (χ0) is 25.4. The van der Waals surface area contributed by atoms with Crippen molar-refractivity contribution in [1.82, 2.24) is 0 Å². The number of nitriles is 1. The zero-order valence-electron chi connectivity index (χ0n) is 19.4. The molecule has 180 valence electrons. The summed E-state index contributed by atoms with van der Waals surface area (Å²) in [5.74, 6) is -0.822. The van der Waals surface area contributed by atoms with Gasteiger partial charge in [-0.1, -0.05) is 0 Å². The number of nitrogens with zero attached hydrogens (tertiary/aromatic N) is 1. The van der Waals surface area contributed by atoms with Gasteiger partial charge in [0.1, 0.15) is 22.4 Å². The van der Waals surface area contributed by atoms with Crippen LogP contribution >= 0.6 is 27.3 Å². The Morgan fingerprint density at radius 2 is 1.68 bits per heavy atom. The summed E-state index contributed by atoms with van der Waals surface area (Å²) in [6.45, 7) is 5.23. The fourth-order valence-electron chi connectivity index (χ4n) is 3.13. The van der Waals surface area contributed by atoms with Gasteiger partial charge in [0.2, 0.25) is 0 Å². The highest BCUT2D eigenvalue weighted by atomic mass is 79.9. The van der Waals surface area contributed by atoms with E-state index in [0.717, 1.165) is 11.3 Å². The van der Waals surface area contributed by atoms with E-state index in [1.54, 1.807) is 32.9 Å². The molecule has 2 rings (SSSR count). The van der Waals surface area contributed by atoms with Crippen LogP contribution in [0.5, 0.6) is 11.5 Å². The molecule has 0 atom stereocenters. The third kappa shape index (κ3) is 6.04. The number of ether oxygens (including phenoxy) is 4. The van der Waals surface area contributed by atoms with Gasteiger partial charge in [-0.15, -0.1) is 11.3 Å². The first-order chi connectivity index (χ1) is 16.2. The van der Waals surface area contributed by atoms with Crippen LogP contribution in [0.1, 0.15) is 49.9 Å². The lowest BCUT2D eigenvalue weighted by Crippen LogP contribution is -2.12. The topological polar surface area (TPSA) is 112 Å². The summed E-state index contributed by atoms with van der Waals surface area (Å²) in [6.07, 6.45) is 1.14. The molecule has 0 amide bonds. The Hall–Kier alpha value is -3.16. The molecule has 0 aliphatic rings. The lowest BCUT2D eigenvalue weighted by atomic mass is 10.0. The molecule has 0 unspecified atom stereocenters. The monoisotopic (exact) mass is 549 g/mol. The second-order valence-electron chi connectivity index (χ2n) is 6.79. The van der Waals surface area contributed by atoms with Crippen LogP contribution in [0, 0.1) is 18.3 Å². The zero-order valence-corrected chi connectivity index (χ0v) is 21.8. The Balaban J connectivity index is 2.50. The number of methoxy groups -OCH3 is 2. The van der Waals surface area contributed by atoms with E-state index < -0.39 is 17.7 Å². The molecule has 0 aliphatic heterocycles. The van der Waals surface area contributed by atoms with Crippen molar-refractivity contribution >= 4 is 51.1 Å². The Morgan fingerprint density at radius 3 is 2.24 bits per heavy atom. The van der Waals surface area contributed by atoms with Gasteiger partial charge in [-0.05, 0) is 54.4 Å². The standard InChI is InChI=1S/C24H24BrNO7S/c1-6-32-23(28)21-13(3)22(24(29)33-7-2)34-20(21)10-17(27)15(12-26)8-14-9-16(25)19(31-5)11-18(14)30-4/h8-9,11H,6-7,10H2,1-5H3/b15-8+. The molecule has 10 heteroatoms. The van der Waals surface area contributed by atoms with Crippen molar-refractivity contribution < 1.29 is 33.3 Å². The van der Waals surface area contributed by atoms with Gasteiger partial charge >= 0.3 is 11.9 Å². The first-order valence-corrected chi connectivity index (χ1v) is 11.9. The number of Topliss-reactive ketones (excluding diaryl/α,β-unsaturated/α-hetero) is 1. The molecule has 1 aromatic carbocycles. The van der Waals surface area contributed by atoms with Crippen LogP contribution in [-0.4, -0.2) is 45.2 Å². The normalized spacial score (nSPS) is 10.9. The fourth-order valence-corrected chi connectivity index (χ4v) is 4.84. The van der Waals surface area contributed by atoms with Crippen molar-refractivity contribution in [2.24, 2.45) is 0 Å².